The number of fused-ring (bicyclic) bond motifs is 1. The third-order valence-electron chi connectivity index (χ3n) is 7.54. The monoisotopic (exact) mass is 874 g/mol. The van der Waals surface area contributed by atoms with Gasteiger partial charge >= 0.3 is 0 Å². The number of halogens is 3. The molecule has 0 unspecified atom stereocenters. The minimum absolute atomic E-state index is 0.0183. The summed E-state index contributed by atoms with van der Waals surface area (Å²) >= 11 is 4.92. The lowest BCUT2D eigenvalue weighted by Crippen LogP contribution is -1.89. The molecule has 0 fully saturated rings. The van der Waals surface area contributed by atoms with Gasteiger partial charge in [-0.3, -0.25) is 0 Å². The maximum absolute atomic E-state index is 2.45. The molecule has 1 aliphatic heterocycles. The van der Waals surface area contributed by atoms with E-state index in [9.17, 15) is 0 Å². The molecule has 7 rings (SSSR count). The number of benzene rings is 6. The highest BCUT2D eigenvalue weighted by atomic mass is 127. The van der Waals surface area contributed by atoms with Crippen molar-refractivity contribution in [1.29, 1.82) is 0 Å². The maximum atomic E-state index is 2.45. The van der Waals surface area contributed by atoms with E-state index in [1.165, 1.54) is 73.6 Å². The molecule has 0 saturated carbocycles. The second kappa shape index (κ2) is 12.4. The van der Waals surface area contributed by atoms with E-state index in [0.29, 0.717) is 0 Å². The average molecular weight is 874 g/mol. The van der Waals surface area contributed by atoms with E-state index in [2.05, 4.69) is 193 Å². The molecule has 1 heterocycles. The number of rotatable bonds is 5. The van der Waals surface area contributed by atoms with Gasteiger partial charge in [0.2, 0.25) is 0 Å². The molecule has 0 N–H and O–H groups in total. The second-order valence-corrected chi connectivity index (χ2v) is 14.9. The van der Waals surface area contributed by atoms with Crippen LogP contribution in [0.4, 0.5) is 0 Å². The van der Waals surface area contributed by atoms with Crippen LogP contribution in [-0.2, 0) is 0 Å². The van der Waals surface area contributed by atoms with E-state index in [1.54, 1.807) is 0 Å². The summed E-state index contributed by atoms with van der Waals surface area (Å²) in [6, 6.07) is 47.0. The van der Waals surface area contributed by atoms with Crippen molar-refractivity contribution in [3.05, 3.63) is 156 Å². The largest absolute Gasteiger partial charge is 0.0931 e. The molecule has 202 valence electrons. The molecular formula is C39H25I3. The molecule has 0 aliphatic carbocycles. The molecular weight excluding hydrogens is 849 g/mol. The van der Waals surface area contributed by atoms with E-state index in [-0.39, 0.29) is 20.7 Å². The normalized spacial score (nSPS) is 12.7. The molecule has 3 heteroatoms. The van der Waals surface area contributed by atoms with Crippen LogP contribution >= 0.6 is 65.9 Å². The fourth-order valence-corrected chi connectivity index (χ4v) is 8.40. The van der Waals surface area contributed by atoms with Gasteiger partial charge < -0.3 is 0 Å². The van der Waals surface area contributed by atoms with E-state index in [4.69, 9.17) is 0 Å². The van der Waals surface area contributed by atoms with Crippen molar-refractivity contribution in [2.75, 3.05) is 0 Å². The number of allylic oxidation sites excluding steroid dienone is 3. The van der Waals surface area contributed by atoms with Crippen LogP contribution in [0.1, 0.15) is 5.56 Å². The Morgan fingerprint density at radius 2 is 0.905 bits per heavy atom. The van der Waals surface area contributed by atoms with Crippen molar-refractivity contribution in [2.45, 2.75) is 0 Å². The van der Waals surface area contributed by atoms with Gasteiger partial charge in [-0.1, -0.05) is 106 Å². The Morgan fingerprint density at radius 3 is 1.48 bits per heavy atom. The Morgan fingerprint density at radius 1 is 0.405 bits per heavy atom. The van der Waals surface area contributed by atoms with E-state index >= 15 is 0 Å². The lowest BCUT2D eigenvalue weighted by molar-refractivity contribution is 1.54. The summed E-state index contributed by atoms with van der Waals surface area (Å²) < 4.78 is 7.17. The molecule has 0 saturated heterocycles. The summed E-state index contributed by atoms with van der Waals surface area (Å²) in [5, 5.41) is 2.54. The van der Waals surface area contributed by atoms with Crippen LogP contribution in [-0.4, -0.2) is 4.01 Å². The van der Waals surface area contributed by atoms with Crippen LogP contribution in [0.3, 0.4) is 0 Å². The Bertz CT molecular complexity index is 2060. The zero-order chi connectivity index (χ0) is 28.5. The Kier molecular flexibility index (Phi) is 8.23. The molecule has 0 aromatic heterocycles. The van der Waals surface area contributed by atoms with Crippen LogP contribution < -0.4 is 0 Å². The first-order chi connectivity index (χ1) is 20.6. The molecule has 0 bridgehead atoms. The van der Waals surface area contributed by atoms with Crippen molar-refractivity contribution in [1.82, 2.24) is 0 Å². The zero-order valence-corrected chi connectivity index (χ0v) is 29.0. The maximum Gasteiger partial charge on any atom is 0.0142 e. The predicted molar refractivity (Wildman–Crippen MR) is 208 cm³/mol. The molecule has 6 aromatic rings. The summed E-state index contributed by atoms with van der Waals surface area (Å²) in [4.78, 5) is 0. The molecule has 0 nitrogen and oxygen atoms in total. The first-order valence-corrected chi connectivity index (χ1v) is 18.4. The quantitative estimate of drug-likeness (QED) is 0.151. The molecule has 1 aliphatic rings. The second-order valence-electron chi connectivity index (χ2n) is 10.4. The molecule has 6 aromatic carbocycles. The van der Waals surface area contributed by atoms with Crippen molar-refractivity contribution in [3.8, 4) is 44.5 Å². The van der Waals surface area contributed by atoms with E-state index in [1.807, 2.05) is 0 Å². The Labute approximate surface area is 284 Å². The molecule has 0 amide bonds. The van der Waals surface area contributed by atoms with E-state index in [0.717, 1.165) is 0 Å². The highest BCUT2D eigenvalue weighted by Crippen LogP contribution is 2.35. The molecule has 0 radical (unpaired) electrons. The van der Waals surface area contributed by atoms with Crippen LogP contribution in [0.15, 0.2) is 144 Å². The first kappa shape index (κ1) is 27.9. The molecule has 0 atom stereocenters. The lowest BCUT2D eigenvalue weighted by Gasteiger charge is -2.12. The van der Waals surface area contributed by atoms with Crippen LogP contribution in [0.25, 0.3) is 60.9 Å². The van der Waals surface area contributed by atoms with Gasteiger partial charge in [0.1, 0.15) is 0 Å². The minimum Gasteiger partial charge on any atom is -0.0931 e. The molecule has 42 heavy (non-hydrogen) atoms. The summed E-state index contributed by atoms with van der Waals surface area (Å²) in [5.74, 6) is 0. The first-order valence-electron chi connectivity index (χ1n) is 13.7. The van der Waals surface area contributed by atoms with Crippen molar-refractivity contribution < 1.29 is 0 Å². The van der Waals surface area contributed by atoms with Gasteiger partial charge in [0, 0.05) is 7.14 Å². The topological polar surface area (TPSA) is 0 Å². The summed E-state index contributed by atoms with van der Waals surface area (Å²) in [6.07, 6.45) is 4.43. The van der Waals surface area contributed by atoms with Crippen LogP contribution in [0, 0.1) is 7.14 Å². The highest BCUT2D eigenvalue weighted by Gasteiger charge is 2.10. The summed E-state index contributed by atoms with van der Waals surface area (Å²) in [5.41, 5.74) is 12.6. The van der Waals surface area contributed by atoms with Gasteiger partial charge in [-0.15, -0.1) is 0 Å². The van der Waals surface area contributed by atoms with Crippen LogP contribution in [0.5, 0.6) is 0 Å². The predicted octanol–water partition coefficient (Wildman–Crippen LogP) is 12.4. The number of hydrogen-bond donors (Lipinski definition) is 0. The fraction of sp³-hybridized carbons (Fsp3) is 0. The van der Waals surface area contributed by atoms with Gasteiger partial charge in [0.25, 0.3) is 0 Å². The van der Waals surface area contributed by atoms with Crippen LogP contribution in [0.2, 0.25) is 0 Å². The smallest absolute Gasteiger partial charge is 0.0142 e. The Balaban J connectivity index is 1.25. The van der Waals surface area contributed by atoms with E-state index < -0.39 is 0 Å². The standard InChI is InChI=1S/C39H25I3/c40-38-21-34(29-9-3-8-28(17-29)33-12-5-15-42-25-33)19-35(22-38)30-10-4-11-31(18-30)36-20-37(24-39(41)23-36)32-14-13-26-6-1-2-7-27(26)16-32/h1-25H. The van der Waals surface area contributed by atoms with Crippen molar-refractivity contribution in [3.63, 3.8) is 0 Å². The van der Waals surface area contributed by atoms with Gasteiger partial charge in [0.15, 0.2) is 0 Å². The third kappa shape index (κ3) is 6.10. The Hall–Kier alpha value is -2.88. The van der Waals surface area contributed by atoms with Gasteiger partial charge in [-0.05, 0) is 174 Å². The SMILES string of the molecule is Ic1cc(-c2cccc(C3=CC=CI=C3)c2)cc(-c2cccc(-c3cc(I)cc(-c4ccc5ccccc5c4)c3)c2)c1. The van der Waals surface area contributed by atoms with Gasteiger partial charge in [-0.25, -0.2) is 0 Å². The van der Waals surface area contributed by atoms with Gasteiger partial charge in [-0.2, -0.15) is 0 Å². The number of hydrogen-bond acceptors (Lipinski definition) is 0. The van der Waals surface area contributed by atoms with Crippen molar-refractivity contribution in [2.24, 2.45) is 0 Å². The summed E-state index contributed by atoms with van der Waals surface area (Å²) in [6.45, 7) is 0. The van der Waals surface area contributed by atoms with Gasteiger partial charge in [0.05, 0.1) is 0 Å². The lowest BCUT2D eigenvalue weighted by atomic mass is 9.94. The summed E-state index contributed by atoms with van der Waals surface area (Å²) in [7, 11) is 0. The zero-order valence-electron chi connectivity index (χ0n) is 22.6. The van der Waals surface area contributed by atoms with Crippen molar-refractivity contribution >= 4 is 86.3 Å². The minimum atomic E-state index is 0.0183. The molecule has 0 spiro atoms. The third-order valence-corrected chi connectivity index (χ3v) is 10.6. The fourth-order valence-electron chi connectivity index (χ4n) is 5.45. The average Bonchev–Trinajstić information content (AvgIpc) is 3.04. The highest BCUT2D eigenvalue weighted by molar-refractivity contribution is 14.2.